The molecule has 2 aromatic rings. The van der Waals surface area contributed by atoms with Crippen molar-refractivity contribution < 1.29 is 14.3 Å². The van der Waals surface area contributed by atoms with E-state index in [-0.39, 0.29) is 23.5 Å². The van der Waals surface area contributed by atoms with Crippen LogP contribution < -0.4 is 5.32 Å². The van der Waals surface area contributed by atoms with Crippen LogP contribution in [-0.4, -0.2) is 35.0 Å². The van der Waals surface area contributed by atoms with Crippen molar-refractivity contribution >= 4 is 17.5 Å². The van der Waals surface area contributed by atoms with Crippen LogP contribution in [0.2, 0.25) is 5.02 Å². The zero-order valence-electron chi connectivity index (χ0n) is 16.3. The highest BCUT2D eigenvalue weighted by Gasteiger charge is 2.42. The number of carbonyl (C=O) groups is 1. The molecule has 0 radical (unpaired) electrons. The molecule has 154 valence electrons. The number of nitrogens with zero attached hydrogens (tertiary/aromatic N) is 1. The molecule has 2 aliphatic rings. The van der Waals surface area contributed by atoms with Gasteiger partial charge in [0.25, 0.3) is 0 Å². The number of hydrogen-bond acceptors (Lipinski definition) is 3. The summed E-state index contributed by atoms with van der Waals surface area (Å²) in [6, 6.07) is 11.8. The van der Waals surface area contributed by atoms with E-state index >= 15 is 0 Å². The number of amides is 1. The summed E-state index contributed by atoms with van der Waals surface area (Å²) in [6.07, 6.45) is 3.10. The molecule has 4 rings (SSSR count). The maximum atomic E-state index is 13.6. The number of aromatic hydroxyl groups is 1. The Labute approximate surface area is 175 Å². The second-order valence-electron chi connectivity index (χ2n) is 8.25. The van der Waals surface area contributed by atoms with Gasteiger partial charge in [-0.15, -0.1) is 0 Å². The molecule has 1 aliphatic carbocycles. The first kappa shape index (κ1) is 20.2. The summed E-state index contributed by atoms with van der Waals surface area (Å²) in [6.45, 7) is 2.40. The summed E-state index contributed by atoms with van der Waals surface area (Å²) < 4.78 is 13.6. The van der Waals surface area contributed by atoms with Gasteiger partial charge in [0.15, 0.2) is 0 Å². The van der Waals surface area contributed by atoms with Crippen molar-refractivity contribution in [2.24, 2.45) is 11.8 Å². The van der Waals surface area contributed by atoms with Crippen molar-refractivity contribution in [2.45, 2.75) is 38.3 Å². The Hall–Kier alpha value is -2.11. The van der Waals surface area contributed by atoms with E-state index in [0.717, 1.165) is 37.1 Å². The first-order chi connectivity index (χ1) is 14.0. The summed E-state index contributed by atoms with van der Waals surface area (Å²) in [7, 11) is 0. The molecule has 1 saturated heterocycles. The van der Waals surface area contributed by atoms with Crippen molar-refractivity contribution in [2.75, 3.05) is 13.1 Å². The average Bonchev–Trinajstić information content (AvgIpc) is 2.92. The van der Waals surface area contributed by atoms with E-state index in [4.69, 9.17) is 11.6 Å². The fraction of sp³-hybridized carbons (Fsp3) is 0.435. The molecule has 1 heterocycles. The molecule has 2 aromatic carbocycles. The third-order valence-corrected chi connectivity index (χ3v) is 6.62. The van der Waals surface area contributed by atoms with Gasteiger partial charge in [0, 0.05) is 37.1 Å². The molecule has 2 N–H and O–H groups in total. The van der Waals surface area contributed by atoms with E-state index < -0.39 is 0 Å². The van der Waals surface area contributed by atoms with E-state index in [9.17, 15) is 14.3 Å². The molecule has 3 atom stereocenters. The van der Waals surface area contributed by atoms with Crippen LogP contribution in [0.4, 0.5) is 4.39 Å². The number of phenolic OH excluding ortho intramolecular Hbond substituents is 1. The van der Waals surface area contributed by atoms with Gasteiger partial charge in [-0.2, -0.15) is 0 Å². The van der Waals surface area contributed by atoms with E-state index in [1.54, 1.807) is 18.2 Å². The normalized spacial score (nSPS) is 23.9. The number of carbonyl (C=O) groups excluding carboxylic acids is 1. The summed E-state index contributed by atoms with van der Waals surface area (Å²) in [5.41, 5.74) is 1.61. The summed E-state index contributed by atoms with van der Waals surface area (Å²) in [4.78, 5) is 14.8. The number of fused-ring (bicyclic) bond motifs is 2. The van der Waals surface area contributed by atoms with Crippen LogP contribution in [0.3, 0.4) is 0 Å². The highest BCUT2D eigenvalue weighted by Crippen LogP contribution is 2.38. The molecule has 1 saturated carbocycles. The van der Waals surface area contributed by atoms with Crippen LogP contribution in [0.1, 0.15) is 30.4 Å². The lowest BCUT2D eigenvalue weighted by molar-refractivity contribution is -0.122. The monoisotopic (exact) mass is 416 g/mol. The van der Waals surface area contributed by atoms with Gasteiger partial charge in [0.1, 0.15) is 11.6 Å². The lowest BCUT2D eigenvalue weighted by atomic mass is 9.91. The van der Waals surface area contributed by atoms with Gasteiger partial charge in [0.2, 0.25) is 5.91 Å². The largest absolute Gasteiger partial charge is 0.508 e. The van der Waals surface area contributed by atoms with Crippen molar-refractivity contribution in [1.82, 2.24) is 10.2 Å². The SMILES string of the molecule is O=C(CCc1ccccc1O)NC1[C@@H]2CC[C@H]1CN(Cc1cc(F)ccc1Cl)C2. The number of para-hydroxylation sites is 1. The standard InChI is InChI=1S/C23H26ClFN2O2/c24-20-9-8-19(25)11-18(20)14-27-12-16-5-6-17(13-27)23(16)26-22(29)10-7-15-3-1-2-4-21(15)28/h1-4,8-9,11,16-17,23,28H,5-7,10,12-14H2,(H,26,29)/t16-,17+,23?. The van der Waals surface area contributed by atoms with Crippen molar-refractivity contribution in [3.05, 3.63) is 64.4 Å². The van der Waals surface area contributed by atoms with E-state index in [2.05, 4.69) is 10.2 Å². The number of halogens is 2. The van der Waals surface area contributed by atoms with Crippen LogP contribution in [0, 0.1) is 17.7 Å². The molecule has 0 spiro atoms. The van der Waals surface area contributed by atoms with Gasteiger partial charge in [-0.1, -0.05) is 29.8 Å². The second-order valence-corrected chi connectivity index (χ2v) is 8.66. The predicted octanol–water partition coefficient (Wildman–Crippen LogP) is 4.14. The zero-order valence-corrected chi connectivity index (χ0v) is 17.0. The maximum absolute atomic E-state index is 13.6. The number of likely N-dealkylation sites (tertiary alicyclic amines) is 1. The van der Waals surface area contributed by atoms with Crippen LogP contribution in [0.5, 0.6) is 5.75 Å². The molecule has 1 amide bonds. The number of aryl methyl sites for hydroxylation is 1. The third kappa shape index (κ3) is 4.73. The van der Waals surface area contributed by atoms with E-state index in [1.807, 2.05) is 12.1 Å². The number of nitrogens with one attached hydrogen (secondary N) is 1. The number of hydrogen-bond donors (Lipinski definition) is 2. The quantitative estimate of drug-likeness (QED) is 0.744. The Morgan fingerprint density at radius 3 is 2.59 bits per heavy atom. The molecule has 29 heavy (non-hydrogen) atoms. The minimum atomic E-state index is -0.265. The van der Waals surface area contributed by atoms with Gasteiger partial charge in [-0.3, -0.25) is 9.69 Å². The van der Waals surface area contributed by atoms with Crippen molar-refractivity contribution in [3.63, 3.8) is 0 Å². The molecule has 0 aromatic heterocycles. The van der Waals surface area contributed by atoms with Crippen LogP contribution >= 0.6 is 11.6 Å². The van der Waals surface area contributed by atoms with E-state index in [0.29, 0.717) is 36.2 Å². The van der Waals surface area contributed by atoms with Gasteiger partial charge in [0.05, 0.1) is 0 Å². The van der Waals surface area contributed by atoms with Crippen LogP contribution in [0.25, 0.3) is 0 Å². The average molecular weight is 417 g/mol. The third-order valence-electron chi connectivity index (χ3n) is 6.25. The van der Waals surface area contributed by atoms with Crippen molar-refractivity contribution in [3.8, 4) is 5.75 Å². The van der Waals surface area contributed by atoms with Gasteiger partial charge in [-0.25, -0.2) is 4.39 Å². The van der Waals surface area contributed by atoms with Crippen molar-refractivity contribution in [1.29, 1.82) is 0 Å². The van der Waals surface area contributed by atoms with Gasteiger partial charge >= 0.3 is 0 Å². The predicted molar refractivity (Wildman–Crippen MR) is 111 cm³/mol. The summed E-state index contributed by atoms with van der Waals surface area (Å²) >= 11 is 6.23. The molecule has 1 aliphatic heterocycles. The lowest BCUT2D eigenvalue weighted by Crippen LogP contribution is -2.52. The fourth-order valence-corrected chi connectivity index (χ4v) is 5.00. The number of phenols is 1. The summed E-state index contributed by atoms with van der Waals surface area (Å²) in [5, 5.41) is 13.7. The van der Waals surface area contributed by atoms with E-state index in [1.165, 1.54) is 12.1 Å². The maximum Gasteiger partial charge on any atom is 0.220 e. The molecule has 6 heteroatoms. The number of piperidine rings is 1. The molecular weight excluding hydrogens is 391 g/mol. The summed E-state index contributed by atoms with van der Waals surface area (Å²) in [5.74, 6) is 0.839. The second kappa shape index (κ2) is 8.72. The highest BCUT2D eigenvalue weighted by atomic mass is 35.5. The molecule has 4 nitrogen and oxygen atoms in total. The first-order valence-corrected chi connectivity index (χ1v) is 10.6. The van der Waals surface area contributed by atoms with Gasteiger partial charge < -0.3 is 10.4 Å². The minimum absolute atomic E-state index is 0.0387. The molecule has 2 bridgehead atoms. The lowest BCUT2D eigenvalue weighted by Gasteiger charge is -2.38. The Morgan fingerprint density at radius 2 is 1.86 bits per heavy atom. The topological polar surface area (TPSA) is 52.6 Å². The zero-order chi connectivity index (χ0) is 20.4. The Bertz CT molecular complexity index is 877. The van der Waals surface area contributed by atoms with Gasteiger partial charge in [-0.05, 0) is 66.5 Å². The highest BCUT2D eigenvalue weighted by molar-refractivity contribution is 6.31. The Morgan fingerprint density at radius 1 is 1.14 bits per heavy atom. The Kier molecular flexibility index (Phi) is 6.07. The molecule has 1 unspecified atom stereocenters. The van der Waals surface area contributed by atoms with Crippen LogP contribution in [-0.2, 0) is 17.8 Å². The Balaban J connectivity index is 1.32. The molecular formula is C23H26ClFN2O2. The van der Waals surface area contributed by atoms with Crippen LogP contribution in [0.15, 0.2) is 42.5 Å². The molecule has 2 fully saturated rings. The first-order valence-electron chi connectivity index (χ1n) is 10.2. The smallest absolute Gasteiger partial charge is 0.220 e. The number of rotatable bonds is 6. The minimum Gasteiger partial charge on any atom is -0.508 e. The number of benzene rings is 2. The fourth-order valence-electron chi connectivity index (χ4n) is 4.82.